The molecule has 2 N–H and O–H groups in total. The fourth-order valence-corrected chi connectivity index (χ4v) is 2.28. The van der Waals surface area contributed by atoms with E-state index >= 15 is 0 Å². The minimum Gasteiger partial charge on any atom is -0.396 e. The van der Waals surface area contributed by atoms with E-state index in [0.29, 0.717) is 17.1 Å². The lowest BCUT2D eigenvalue weighted by Crippen LogP contribution is -2.31. The number of aromatic nitrogens is 1. The van der Waals surface area contributed by atoms with Crippen molar-refractivity contribution in [2.75, 3.05) is 13.2 Å². The van der Waals surface area contributed by atoms with Crippen LogP contribution in [0, 0.1) is 12.3 Å². The number of pyridine rings is 1. The van der Waals surface area contributed by atoms with Gasteiger partial charge in [-0.15, -0.1) is 0 Å². The van der Waals surface area contributed by atoms with Crippen LogP contribution in [0.3, 0.4) is 0 Å². The Labute approximate surface area is 111 Å². The molecule has 18 heavy (non-hydrogen) atoms. The molecular weight excluding hydrogens is 252 g/mol. The largest absolute Gasteiger partial charge is 0.396 e. The molecule has 0 spiro atoms. The molecule has 0 atom stereocenters. The zero-order chi connectivity index (χ0) is 13.2. The minimum absolute atomic E-state index is 0.106. The molecule has 1 fully saturated rings. The predicted molar refractivity (Wildman–Crippen MR) is 69.7 cm³/mol. The summed E-state index contributed by atoms with van der Waals surface area (Å²) in [7, 11) is 0. The van der Waals surface area contributed by atoms with Crippen LogP contribution in [0.5, 0.6) is 0 Å². The highest BCUT2D eigenvalue weighted by molar-refractivity contribution is 6.33. The van der Waals surface area contributed by atoms with Crippen LogP contribution in [0.4, 0.5) is 0 Å². The molecule has 98 valence electrons. The summed E-state index contributed by atoms with van der Waals surface area (Å²) in [6, 6.07) is 1.68. The number of aliphatic hydroxyl groups excluding tert-OH is 1. The Bertz CT molecular complexity index is 458. The molecule has 1 aliphatic carbocycles. The first-order chi connectivity index (χ1) is 8.56. The van der Waals surface area contributed by atoms with Gasteiger partial charge in [0.05, 0.1) is 10.6 Å². The lowest BCUT2D eigenvalue weighted by molar-refractivity contribution is 0.0940. The average Bonchev–Trinajstić information content (AvgIpc) is 3.07. The predicted octanol–water partition coefficient (Wildman–Crippen LogP) is 1.94. The van der Waals surface area contributed by atoms with Gasteiger partial charge in [-0.3, -0.25) is 9.78 Å². The smallest absolute Gasteiger partial charge is 0.254 e. The summed E-state index contributed by atoms with van der Waals surface area (Å²) >= 11 is 6.01. The van der Waals surface area contributed by atoms with E-state index in [1.165, 1.54) is 6.20 Å². The van der Waals surface area contributed by atoms with Gasteiger partial charge >= 0.3 is 0 Å². The molecule has 1 amide bonds. The quantitative estimate of drug-likeness (QED) is 0.858. The molecule has 0 saturated heterocycles. The van der Waals surface area contributed by atoms with Gasteiger partial charge in [-0.2, -0.15) is 0 Å². The molecule has 0 aromatic carbocycles. The zero-order valence-electron chi connectivity index (χ0n) is 10.4. The van der Waals surface area contributed by atoms with Crippen LogP contribution in [0.15, 0.2) is 12.3 Å². The lowest BCUT2D eigenvalue weighted by atomic mass is 10.0. The number of rotatable bonds is 5. The molecule has 1 heterocycles. The van der Waals surface area contributed by atoms with Crippen molar-refractivity contribution >= 4 is 17.5 Å². The van der Waals surface area contributed by atoms with Crippen molar-refractivity contribution in [1.29, 1.82) is 0 Å². The molecule has 4 nitrogen and oxygen atoms in total. The summed E-state index contributed by atoms with van der Waals surface area (Å²) in [5, 5.41) is 12.3. The number of nitrogens with one attached hydrogen (secondary N) is 1. The Morgan fingerprint density at radius 1 is 1.61 bits per heavy atom. The second-order valence-electron chi connectivity index (χ2n) is 4.96. The van der Waals surface area contributed by atoms with Crippen LogP contribution in [0.2, 0.25) is 5.02 Å². The molecule has 0 radical (unpaired) electrons. The highest BCUT2D eigenvalue weighted by Gasteiger charge is 2.41. The number of hydrogen-bond donors (Lipinski definition) is 2. The summed E-state index contributed by atoms with van der Waals surface area (Å²) in [5.41, 5.74) is 1.30. The van der Waals surface area contributed by atoms with Crippen LogP contribution in [-0.2, 0) is 0 Å². The van der Waals surface area contributed by atoms with Gasteiger partial charge in [-0.25, -0.2) is 0 Å². The molecule has 1 aromatic heterocycles. The van der Waals surface area contributed by atoms with E-state index < -0.39 is 0 Å². The molecule has 1 aliphatic rings. The Morgan fingerprint density at radius 2 is 2.33 bits per heavy atom. The Balaban J connectivity index is 1.96. The van der Waals surface area contributed by atoms with Crippen LogP contribution in [0.25, 0.3) is 0 Å². The Morgan fingerprint density at radius 3 is 2.89 bits per heavy atom. The van der Waals surface area contributed by atoms with Gasteiger partial charge in [-0.1, -0.05) is 11.6 Å². The van der Waals surface area contributed by atoms with Gasteiger partial charge in [0.2, 0.25) is 0 Å². The molecule has 0 bridgehead atoms. The first-order valence-electron chi connectivity index (χ1n) is 6.07. The van der Waals surface area contributed by atoms with E-state index in [1.807, 2.05) is 6.92 Å². The first kappa shape index (κ1) is 13.3. The maximum atomic E-state index is 12.0. The van der Waals surface area contributed by atoms with E-state index in [-0.39, 0.29) is 17.9 Å². The van der Waals surface area contributed by atoms with Gasteiger partial charge in [0.15, 0.2) is 0 Å². The van der Waals surface area contributed by atoms with Crippen LogP contribution in [0.1, 0.15) is 35.3 Å². The third-order valence-corrected chi connectivity index (χ3v) is 3.77. The Hall–Kier alpha value is -1.13. The van der Waals surface area contributed by atoms with E-state index in [4.69, 9.17) is 16.7 Å². The van der Waals surface area contributed by atoms with Crippen LogP contribution in [-0.4, -0.2) is 29.1 Å². The fraction of sp³-hybridized carbons (Fsp3) is 0.538. The van der Waals surface area contributed by atoms with E-state index in [1.54, 1.807) is 6.07 Å². The number of aryl methyl sites for hydroxylation is 1. The van der Waals surface area contributed by atoms with Crippen LogP contribution < -0.4 is 5.32 Å². The normalized spacial score (nSPS) is 16.4. The SMILES string of the molecule is Cc1cc(Cl)c(C(=O)NCC2(CCO)CC2)cn1. The van der Waals surface area contributed by atoms with Gasteiger partial charge in [0, 0.05) is 25.0 Å². The number of aliphatic hydroxyl groups is 1. The molecule has 0 unspecified atom stereocenters. The zero-order valence-corrected chi connectivity index (χ0v) is 11.1. The summed E-state index contributed by atoms with van der Waals surface area (Å²) in [6.45, 7) is 2.59. The maximum absolute atomic E-state index is 12.0. The molecule has 2 rings (SSSR count). The third kappa shape index (κ3) is 3.00. The summed E-state index contributed by atoms with van der Waals surface area (Å²) in [6.07, 6.45) is 4.37. The second-order valence-corrected chi connectivity index (χ2v) is 5.37. The number of carbonyl (C=O) groups is 1. The summed E-state index contributed by atoms with van der Waals surface area (Å²) < 4.78 is 0. The molecular formula is C13H17ClN2O2. The van der Waals surface area contributed by atoms with Crippen molar-refractivity contribution < 1.29 is 9.90 Å². The van der Waals surface area contributed by atoms with Crippen molar-refractivity contribution in [3.8, 4) is 0 Å². The number of carbonyl (C=O) groups excluding carboxylic acids is 1. The van der Waals surface area contributed by atoms with Gasteiger partial charge in [0.25, 0.3) is 5.91 Å². The molecule has 1 saturated carbocycles. The number of halogens is 1. The van der Waals surface area contributed by atoms with Gasteiger partial charge < -0.3 is 10.4 Å². The topological polar surface area (TPSA) is 62.2 Å². The number of amides is 1. The fourth-order valence-electron chi connectivity index (χ4n) is 1.99. The summed E-state index contributed by atoms with van der Waals surface area (Å²) in [4.78, 5) is 16.0. The standard InChI is InChI=1S/C13H17ClN2O2/c1-9-6-11(14)10(7-15-9)12(18)16-8-13(2-3-13)4-5-17/h6-7,17H,2-5,8H2,1H3,(H,16,18). The average molecular weight is 269 g/mol. The highest BCUT2D eigenvalue weighted by atomic mass is 35.5. The molecule has 1 aromatic rings. The van der Waals surface area contributed by atoms with Crippen molar-refractivity contribution in [3.63, 3.8) is 0 Å². The van der Waals surface area contributed by atoms with Crippen molar-refractivity contribution in [1.82, 2.24) is 10.3 Å². The monoisotopic (exact) mass is 268 g/mol. The number of nitrogens with zero attached hydrogens (tertiary/aromatic N) is 1. The maximum Gasteiger partial charge on any atom is 0.254 e. The van der Waals surface area contributed by atoms with E-state index in [0.717, 1.165) is 25.0 Å². The van der Waals surface area contributed by atoms with E-state index in [2.05, 4.69) is 10.3 Å². The molecule has 0 aliphatic heterocycles. The number of hydrogen-bond acceptors (Lipinski definition) is 3. The highest BCUT2D eigenvalue weighted by Crippen LogP contribution is 2.47. The minimum atomic E-state index is -0.197. The van der Waals surface area contributed by atoms with Gasteiger partial charge in [0.1, 0.15) is 0 Å². The third-order valence-electron chi connectivity index (χ3n) is 3.46. The summed E-state index contributed by atoms with van der Waals surface area (Å²) in [5.74, 6) is -0.197. The van der Waals surface area contributed by atoms with Crippen molar-refractivity contribution in [2.45, 2.75) is 26.2 Å². The van der Waals surface area contributed by atoms with Crippen molar-refractivity contribution in [2.24, 2.45) is 5.41 Å². The lowest BCUT2D eigenvalue weighted by Gasteiger charge is -2.14. The van der Waals surface area contributed by atoms with Gasteiger partial charge in [-0.05, 0) is 37.7 Å². The van der Waals surface area contributed by atoms with Crippen LogP contribution >= 0.6 is 11.6 Å². The second kappa shape index (κ2) is 5.24. The first-order valence-corrected chi connectivity index (χ1v) is 6.45. The van der Waals surface area contributed by atoms with Crippen molar-refractivity contribution in [3.05, 3.63) is 28.5 Å². The molecule has 5 heteroatoms. The Kier molecular flexibility index (Phi) is 3.88. The van der Waals surface area contributed by atoms with E-state index in [9.17, 15) is 4.79 Å².